The Hall–Kier alpha value is -1.19. The first-order chi connectivity index (χ1) is 8.27. The molecule has 1 atom stereocenters. The minimum atomic E-state index is 0.253. The van der Waals surface area contributed by atoms with Crippen molar-refractivity contribution < 1.29 is 0 Å². The van der Waals surface area contributed by atoms with Gasteiger partial charge in [0.1, 0.15) is 0 Å². The molecule has 1 heterocycles. The van der Waals surface area contributed by atoms with E-state index in [4.69, 9.17) is 0 Å². The van der Waals surface area contributed by atoms with Crippen LogP contribution in [-0.2, 0) is 6.54 Å². The number of aromatic nitrogens is 1. The van der Waals surface area contributed by atoms with E-state index in [0.29, 0.717) is 0 Å². The molecule has 17 heavy (non-hydrogen) atoms. The number of hydrogen-bond acceptors (Lipinski definition) is 2. The number of hydrogen-bond donors (Lipinski definition) is 1. The molecule has 1 unspecified atom stereocenters. The summed E-state index contributed by atoms with van der Waals surface area (Å²) < 4.78 is 1.14. The molecule has 3 heteroatoms. The molecule has 0 saturated carbocycles. The lowest BCUT2D eigenvalue weighted by molar-refractivity contribution is 0.560. The Balaban J connectivity index is 1.97. The fourth-order valence-corrected chi connectivity index (χ4v) is 2.07. The van der Waals surface area contributed by atoms with Crippen molar-refractivity contribution in [2.45, 2.75) is 19.5 Å². The second-order valence-electron chi connectivity index (χ2n) is 3.95. The van der Waals surface area contributed by atoms with E-state index in [1.807, 2.05) is 36.5 Å². The second-order valence-corrected chi connectivity index (χ2v) is 4.80. The Morgan fingerprint density at radius 1 is 1.18 bits per heavy atom. The van der Waals surface area contributed by atoms with Crippen molar-refractivity contribution in [1.29, 1.82) is 0 Å². The van der Waals surface area contributed by atoms with Crippen LogP contribution in [0.5, 0.6) is 0 Å². The quantitative estimate of drug-likeness (QED) is 0.929. The number of benzene rings is 1. The smallest absolute Gasteiger partial charge is 0.0570 e. The Labute approximate surface area is 110 Å². The molecular weight excluding hydrogens is 276 g/mol. The van der Waals surface area contributed by atoms with E-state index in [2.05, 4.69) is 45.3 Å². The Kier molecular flexibility index (Phi) is 4.29. The maximum Gasteiger partial charge on any atom is 0.0570 e. The largest absolute Gasteiger partial charge is 0.305 e. The van der Waals surface area contributed by atoms with E-state index in [1.165, 1.54) is 5.56 Å². The highest BCUT2D eigenvalue weighted by Crippen LogP contribution is 2.17. The summed E-state index contributed by atoms with van der Waals surface area (Å²) in [6.07, 6.45) is 1.83. The van der Waals surface area contributed by atoms with Gasteiger partial charge >= 0.3 is 0 Å². The predicted molar refractivity (Wildman–Crippen MR) is 73.6 cm³/mol. The molecule has 2 rings (SSSR count). The third kappa shape index (κ3) is 3.38. The van der Waals surface area contributed by atoms with Crippen molar-refractivity contribution in [3.05, 3.63) is 64.4 Å². The van der Waals surface area contributed by atoms with Gasteiger partial charge in [0.25, 0.3) is 0 Å². The number of pyridine rings is 1. The fraction of sp³-hybridized carbons (Fsp3) is 0.214. The van der Waals surface area contributed by atoms with Gasteiger partial charge in [-0.3, -0.25) is 4.98 Å². The van der Waals surface area contributed by atoms with Crippen LogP contribution in [-0.4, -0.2) is 4.98 Å². The van der Waals surface area contributed by atoms with Crippen LogP contribution in [0.3, 0.4) is 0 Å². The molecule has 1 aromatic carbocycles. The van der Waals surface area contributed by atoms with Gasteiger partial charge in [-0.1, -0.05) is 40.2 Å². The highest BCUT2D eigenvalue weighted by Gasteiger charge is 2.06. The average Bonchev–Trinajstić information content (AvgIpc) is 2.38. The molecule has 88 valence electrons. The minimum absolute atomic E-state index is 0.253. The van der Waals surface area contributed by atoms with Crippen LogP contribution in [0, 0.1) is 0 Å². The number of nitrogens with one attached hydrogen (secondary N) is 1. The van der Waals surface area contributed by atoms with Crippen molar-refractivity contribution in [3.8, 4) is 0 Å². The summed E-state index contributed by atoms with van der Waals surface area (Å²) in [5, 5.41) is 3.46. The summed E-state index contributed by atoms with van der Waals surface area (Å²) in [7, 11) is 0. The molecular formula is C14H15BrN2. The molecule has 0 saturated heterocycles. The summed E-state index contributed by atoms with van der Waals surface area (Å²) in [4.78, 5) is 4.34. The molecule has 0 aliphatic heterocycles. The molecule has 1 N–H and O–H groups in total. The van der Waals surface area contributed by atoms with Crippen molar-refractivity contribution in [2.75, 3.05) is 0 Å². The monoisotopic (exact) mass is 290 g/mol. The zero-order valence-electron chi connectivity index (χ0n) is 9.73. The van der Waals surface area contributed by atoms with E-state index in [-0.39, 0.29) is 6.04 Å². The number of halogens is 1. The summed E-state index contributed by atoms with van der Waals surface area (Å²) in [6.45, 7) is 2.96. The third-order valence-electron chi connectivity index (χ3n) is 2.69. The van der Waals surface area contributed by atoms with Gasteiger partial charge in [-0.2, -0.15) is 0 Å². The lowest BCUT2D eigenvalue weighted by Crippen LogP contribution is -2.19. The molecule has 2 aromatic rings. The Morgan fingerprint density at radius 2 is 1.94 bits per heavy atom. The van der Waals surface area contributed by atoms with Crippen LogP contribution in [0.4, 0.5) is 0 Å². The fourth-order valence-electron chi connectivity index (χ4n) is 1.64. The summed E-state index contributed by atoms with van der Waals surface area (Å²) in [6, 6.07) is 14.5. The zero-order valence-corrected chi connectivity index (χ0v) is 11.3. The van der Waals surface area contributed by atoms with E-state index >= 15 is 0 Å². The number of nitrogens with zero attached hydrogens (tertiary/aromatic N) is 1. The molecule has 1 aromatic heterocycles. The highest BCUT2D eigenvalue weighted by atomic mass is 79.9. The van der Waals surface area contributed by atoms with Crippen molar-refractivity contribution in [2.24, 2.45) is 0 Å². The van der Waals surface area contributed by atoms with E-state index < -0.39 is 0 Å². The van der Waals surface area contributed by atoms with Gasteiger partial charge in [-0.15, -0.1) is 0 Å². The summed E-state index contributed by atoms with van der Waals surface area (Å²) >= 11 is 3.55. The molecule has 0 fully saturated rings. The normalized spacial score (nSPS) is 12.4. The van der Waals surface area contributed by atoms with Crippen LogP contribution >= 0.6 is 15.9 Å². The first kappa shape index (κ1) is 12.3. The van der Waals surface area contributed by atoms with Gasteiger partial charge in [-0.25, -0.2) is 0 Å². The molecule has 0 aliphatic rings. The topological polar surface area (TPSA) is 24.9 Å². The minimum Gasteiger partial charge on any atom is -0.305 e. The average molecular weight is 291 g/mol. The van der Waals surface area contributed by atoms with Gasteiger partial charge in [0.2, 0.25) is 0 Å². The third-order valence-corrected chi connectivity index (χ3v) is 3.46. The molecule has 0 radical (unpaired) electrons. The SMILES string of the molecule is CC(NCc1ccccc1Br)c1ccccn1. The van der Waals surface area contributed by atoms with Crippen LogP contribution in [0.2, 0.25) is 0 Å². The van der Waals surface area contributed by atoms with Crippen molar-refractivity contribution in [3.63, 3.8) is 0 Å². The first-order valence-corrected chi connectivity index (χ1v) is 6.44. The standard InChI is InChI=1S/C14H15BrN2/c1-11(14-8-4-5-9-16-14)17-10-12-6-2-3-7-13(12)15/h2-9,11,17H,10H2,1H3. The first-order valence-electron chi connectivity index (χ1n) is 5.65. The Bertz CT molecular complexity index is 471. The lowest BCUT2D eigenvalue weighted by atomic mass is 10.2. The van der Waals surface area contributed by atoms with Crippen LogP contribution < -0.4 is 5.32 Å². The van der Waals surface area contributed by atoms with Crippen LogP contribution in [0.15, 0.2) is 53.1 Å². The van der Waals surface area contributed by atoms with Crippen LogP contribution in [0.1, 0.15) is 24.2 Å². The van der Waals surface area contributed by atoms with Crippen molar-refractivity contribution >= 4 is 15.9 Å². The highest BCUT2D eigenvalue weighted by molar-refractivity contribution is 9.10. The zero-order chi connectivity index (χ0) is 12.1. The van der Waals surface area contributed by atoms with Crippen molar-refractivity contribution in [1.82, 2.24) is 10.3 Å². The van der Waals surface area contributed by atoms with Gasteiger partial charge in [0.15, 0.2) is 0 Å². The maximum atomic E-state index is 4.34. The second kappa shape index (κ2) is 5.94. The van der Waals surface area contributed by atoms with Crippen LogP contribution in [0.25, 0.3) is 0 Å². The summed E-state index contributed by atoms with van der Waals surface area (Å²) in [5.74, 6) is 0. The van der Waals surface area contributed by atoms with Gasteiger partial charge in [0.05, 0.1) is 5.69 Å². The van der Waals surface area contributed by atoms with E-state index in [1.54, 1.807) is 0 Å². The molecule has 0 bridgehead atoms. The summed E-state index contributed by atoms with van der Waals surface area (Å²) in [5.41, 5.74) is 2.33. The molecule has 0 spiro atoms. The lowest BCUT2D eigenvalue weighted by Gasteiger charge is -2.13. The van der Waals surface area contributed by atoms with E-state index in [0.717, 1.165) is 16.7 Å². The predicted octanol–water partition coefficient (Wildman–Crippen LogP) is 3.69. The van der Waals surface area contributed by atoms with Gasteiger partial charge < -0.3 is 5.32 Å². The van der Waals surface area contributed by atoms with Gasteiger partial charge in [0, 0.05) is 23.3 Å². The Morgan fingerprint density at radius 3 is 2.65 bits per heavy atom. The van der Waals surface area contributed by atoms with E-state index in [9.17, 15) is 0 Å². The molecule has 0 aliphatic carbocycles. The van der Waals surface area contributed by atoms with Gasteiger partial charge in [-0.05, 0) is 30.7 Å². The maximum absolute atomic E-state index is 4.34. The molecule has 2 nitrogen and oxygen atoms in total. The number of rotatable bonds is 4. The molecule has 0 amide bonds.